The number of aromatic nitrogens is 2. The molecule has 0 saturated heterocycles. The minimum absolute atomic E-state index is 0.0173. The van der Waals surface area contributed by atoms with E-state index in [4.69, 9.17) is 9.26 Å². The van der Waals surface area contributed by atoms with Crippen LogP contribution in [0.3, 0.4) is 0 Å². The highest BCUT2D eigenvalue weighted by Gasteiger charge is 2.45. The summed E-state index contributed by atoms with van der Waals surface area (Å²) in [6.45, 7) is 0. The van der Waals surface area contributed by atoms with Gasteiger partial charge in [-0.25, -0.2) is 0 Å². The SMILES string of the molecule is COc1ccccc1[C@H]1C[C@@H]1c1nc(CC(=O)NC2CCCC2)no1. The Balaban J connectivity index is 1.36. The second kappa shape index (κ2) is 6.86. The zero-order valence-corrected chi connectivity index (χ0v) is 14.4. The first kappa shape index (κ1) is 16.1. The number of hydrogen-bond donors (Lipinski definition) is 1. The topological polar surface area (TPSA) is 77.2 Å². The van der Waals surface area contributed by atoms with Gasteiger partial charge >= 0.3 is 0 Å². The van der Waals surface area contributed by atoms with Crippen LogP contribution in [0.5, 0.6) is 5.75 Å². The lowest BCUT2D eigenvalue weighted by Gasteiger charge is -2.10. The van der Waals surface area contributed by atoms with Crippen molar-refractivity contribution < 1.29 is 14.1 Å². The summed E-state index contributed by atoms with van der Waals surface area (Å²) < 4.78 is 10.8. The van der Waals surface area contributed by atoms with Crippen molar-refractivity contribution in [2.75, 3.05) is 7.11 Å². The van der Waals surface area contributed by atoms with E-state index in [2.05, 4.69) is 21.5 Å². The number of para-hydroxylation sites is 1. The molecule has 0 spiro atoms. The molecular formula is C19H23N3O3. The van der Waals surface area contributed by atoms with Crippen molar-refractivity contribution in [2.24, 2.45) is 0 Å². The first-order valence-corrected chi connectivity index (χ1v) is 8.99. The number of rotatable bonds is 6. The minimum atomic E-state index is -0.0173. The van der Waals surface area contributed by atoms with Gasteiger partial charge in [0, 0.05) is 12.0 Å². The molecule has 2 aliphatic rings. The van der Waals surface area contributed by atoms with Gasteiger partial charge in [0.2, 0.25) is 11.8 Å². The fraction of sp³-hybridized carbons (Fsp3) is 0.526. The summed E-state index contributed by atoms with van der Waals surface area (Å²) in [5.74, 6) is 2.53. The van der Waals surface area contributed by atoms with Crippen LogP contribution in [0.2, 0.25) is 0 Å². The number of carbonyl (C=O) groups excluding carboxylic acids is 1. The van der Waals surface area contributed by atoms with E-state index in [9.17, 15) is 4.79 Å². The zero-order valence-electron chi connectivity index (χ0n) is 14.4. The van der Waals surface area contributed by atoms with Crippen molar-refractivity contribution in [1.82, 2.24) is 15.5 Å². The van der Waals surface area contributed by atoms with Gasteiger partial charge in [0.1, 0.15) is 5.75 Å². The Kier molecular flexibility index (Phi) is 4.42. The molecule has 132 valence electrons. The van der Waals surface area contributed by atoms with E-state index in [1.165, 1.54) is 18.4 Å². The highest BCUT2D eigenvalue weighted by molar-refractivity contribution is 5.78. The van der Waals surface area contributed by atoms with Crippen LogP contribution in [0.15, 0.2) is 28.8 Å². The Morgan fingerprint density at radius 3 is 2.88 bits per heavy atom. The van der Waals surface area contributed by atoms with Crippen LogP contribution in [-0.4, -0.2) is 29.2 Å². The number of methoxy groups -OCH3 is 1. The Bertz CT molecular complexity index is 752. The fourth-order valence-corrected chi connectivity index (χ4v) is 3.77. The summed E-state index contributed by atoms with van der Waals surface area (Å²) in [5.41, 5.74) is 1.17. The maximum atomic E-state index is 12.1. The molecular weight excluding hydrogens is 318 g/mol. The van der Waals surface area contributed by atoms with E-state index >= 15 is 0 Å². The predicted molar refractivity (Wildman–Crippen MR) is 91.5 cm³/mol. The maximum absolute atomic E-state index is 12.1. The van der Waals surface area contributed by atoms with Gasteiger partial charge in [-0.1, -0.05) is 36.2 Å². The van der Waals surface area contributed by atoms with Gasteiger partial charge < -0.3 is 14.6 Å². The van der Waals surface area contributed by atoms with E-state index in [-0.39, 0.29) is 18.2 Å². The molecule has 1 heterocycles. The van der Waals surface area contributed by atoms with Crippen LogP contribution in [0, 0.1) is 0 Å². The molecule has 2 aliphatic carbocycles. The van der Waals surface area contributed by atoms with E-state index in [0.717, 1.165) is 25.0 Å². The van der Waals surface area contributed by atoms with Crippen LogP contribution in [0.1, 0.15) is 61.2 Å². The summed E-state index contributed by atoms with van der Waals surface area (Å²) >= 11 is 0. The molecule has 1 aromatic heterocycles. The average molecular weight is 341 g/mol. The molecule has 1 N–H and O–H groups in total. The Hall–Kier alpha value is -2.37. The Morgan fingerprint density at radius 2 is 2.08 bits per heavy atom. The number of hydrogen-bond acceptors (Lipinski definition) is 5. The van der Waals surface area contributed by atoms with E-state index in [1.807, 2.05) is 18.2 Å². The van der Waals surface area contributed by atoms with Crippen LogP contribution in [0.25, 0.3) is 0 Å². The van der Waals surface area contributed by atoms with E-state index in [0.29, 0.717) is 23.7 Å². The smallest absolute Gasteiger partial charge is 0.230 e. The molecule has 0 aliphatic heterocycles. The largest absolute Gasteiger partial charge is 0.496 e. The van der Waals surface area contributed by atoms with Crippen LogP contribution in [0.4, 0.5) is 0 Å². The number of amides is 1. The molecule has 2 saturated carbocycles. The minimum Gasteiger partial charge on any atom is -0.496 e. The standard InChI is InChI=1S/C19H23N3O3/c1-24-16-9-5-4-8-13(16)14-10-15(14)19-21-17(22-25-19)11-18(23)20-12-6-2-3-7-12/h4-5,8-9,12,14-15H,2-3,6-7,10-11H2,1H3,(H,20,23)/t14-,15+/m1/s1. The first-order chi connectivity index (χ1) is 12.2. The lowest BCUT2D eigenvalue weighted by atomic mass is 10.1. The molecule has 0 unspecified atom stereocenters. The number of ether oxygens (including phenoxy) is 1. The van der Waals surface area contributed by atoms with Gasteiger partial charge in [0.15, 0.2) is 5.82 Å². The monoisotopic (exact) mass is 341 g/mol. The summed E-state index contributed by atoms with van der Waals surface area (Å²) in [4.78, 5) is 16.5. The maximum Gasteiger partial charge on any atom is 0.230 e. The van der Waals surface area contributed by atoms with Crippen molar-refractivity contribution in [3.05, 3.63) is 41.5 Å². The van der Waals surface area contributed by atoms with Crippen molar-refractivity contribution in [3.63, 3.8) is 0 Å². The zero-order chi connectivity index (χ0) is 17.2. The summed E-state index contributed by atoms with van der Waals surface area (Å²) in [6.07, 6.45) is 5.70. The van der Waals surface area contributed by atoms with Gasteiger partial charge in [-0.2, -0.15) is 4.98 Å². The molecule has 1 amide bonds. The third kappa shape index (κ3) is 3.52. The van der Waals surface area contributed by atoms with Gasteiger partial charge in [0.25, 0.3) is 0 Å². The number of benzene rings is 1. The summed E-state index contributed by atoms with van der Waals surface area (Å²) in [5, 5.41) is 7.04. The normalized spacial score (nSPS) is 22.8. The van der Waals surface area contributed by atoms with Gasteiger partial charge in [-0.05, 0) is 36.8 Å². The Morgan fingerprint density at radius 1 is 1.28 bits per heavy atom. The molecule has 2 aromatic rings. The van der Waals surface area contributed by atoms with Crippen LogP contribution >= 0.6 is 0 Å². The molecule has 2 fully saturated rings. The fourth-order valence-electron chi connectivity index (χ4n) is 3.77. The summed E-state index contributed by atoms with van der Waals surface area (Å²) in [6, 6.07) is 8.35. The van der Waals surface area contributed by atoms with Gasteiger partial charge in [-0.15, -0.1) is 0 Å². The molecule has 1 aromatic carbocycles. The number of carbonyl (C=O) groups is 1. The summed E-state index contributed by atoms with van der Waals surface area (Å²) in [7, 11) is 1.68. The first-order valence-electron chi connectivity index (χ1n) is 8.99. The molecule has 2 atom stereocenters. The molecule has 0 bridgehead atoms. The van der Waals surface area contributed by atoms with E-state index < -0.39 is 0 Å². The van der Waals surface area contributed by atoms with Gasteiger partial charge in [-0.3, -0.25) is 4.79 Å². The Labute approximate surface area is 147 Å². The van der Waals surface area contributed by atoms with E-state index in [1.54, 1.807) is 7.11 Å². The second-order valence-electron chi connectivity index (χ2n) is 6.97. The lowest BCUT2D eigenvalue weighted by molar-refractivity contribution is -0.121. The third-order valence-corrected chi connectivity index (χ3v) is 5.17. The molecule has 6 heteroatoms. The van der Waals surface area contributed by atoms with Crippen molar-refractivity contribution in [2.45, 2.75) is 56.4 Å². The highest BCUT2D eigenvalue weighted by atomic mass is 16.5. The molecule has 4 rings (SSSR count). The van der Waals surface area contributed by atoms with Crippen LogP contribution in [-0.2, 0) is 11.2 Å². The van der Waals surface area contributed by atoms with Crippen molar-refractivity contribution in [1.29, 1.82) is 0 Å². The quantitative estimate of drug-likeness (QED) is 0.874. The van der Waals surface area contributed by atoms with Crippen molar-refractivity contribution in [3.8, 4) is 5.75 Å². The highest BCUT2D eigenvalue weighted by Crippen LogP contribution is 2.56. The third-order valence-electron chi connectivity index (χ3n) is 5.17. The molecule has 25 heavy (non-hydrogen) atoms. The molecule has 6 nitrogen and oxygen atoms in total. The lowest BCUT2D eigenvalue weighted by Crippen LogP contribution is -2.33. The second-order valence-corrected chi connectivity index (χ2v) is 6.97. The van der Waals surface area contributed by atoms with Gasteiger partial charge in [0.05, 0.1) is 13.5 Å². The average Bonchev–Trinajstić information content (AvgIpc) is 3.00. The van der Waals surface area contributed by atoms with Crippen LogP contribution < -0.4 is 10.1 Å². The predicted octanol–water partition coefficient (Wildman–Crippen LogP) is 2.95. The van der Waals surface area contributed by atoms with Crippen molar-refractivity contribution >= 4 is 5.91 Å². The number of nitrogens with zero attached hydrogens (tertiary/aromatic N) is 2. The molecule has 0 radical (unpaired) electrons. The number of nitrogens with one attached hydrogen (secondary N) is 1.